The van der Waals surface area contributed by atoms with Gasteiger partial charge in [-0.1, -0.05) is 37.3 Å². The number of alkyl halides is 2. The van der Waals surface area contributed by atoms with Crippen LogP contribution in [0, 0.1) is 11.7 Å². The number of halogens is 4. The maximum atomic E-state index is 14.6. The SMILES string of the molecule is CNC(=O)C(CC1CCCC1)c1ccc(-c2c(OC(F)F)ccc(Cl)c2F)c[n+]1O. The van der Waals surface area contributed by atoms with Crippen LogP contribution in [0.25, 0.3) is 11.1 Å². The van der Waals surface area contributed by atoms with E-state index in [4.69, 9.17) is 11.6 Å². The summed E-state index contributed by atoms with van der Waals surface area (Å²) in [5.74, 6) is -1.82. The predicted octanol–water partition coefficient (Wildman–Crippen LogP) is 4.68. The van der Waals surface area contributed by atoms with Crippen LogP contribution in [0.4, 0.5) is 13.2 Å². The Morgan fingerprint density at radius 3 is 2.60 bits per heavy atom. The maximum absolute atomic E-state index is 14.6. The summed E-state index contributed by atoms with van der Waals surface area (Å²) in [6.45, 7) is -3.16. The van der Waals surface area contributed by atoms with Gasteiger partial charge in [-0.05, 0) is 30.5 Å². The summed E-state index contributed by atoms with van der Waals surface area (Å²) in [5, 5.41) is 12.9. The molecule has 0 saturated heterocycles. The first-order valence-corrected chi connectivity index (χ1v) is 10.1. The molecule has 162 valence electrons. The zero-order valence-electron chi connectivity index (χ0n) is 16.4. The minimum atomic E-state index is -3.16. The fraction of sp³-hybridized carbons (Fsp3) is 0.429. The van der Waals surface area contributed by atoms with Crippen molar-refractivity contribution in [3.8, 4) is 16.9 Å². The summed E-state index contributed by atoms with van der Waals surface area (Å²) in [5.41, 5.74) is 0.0987. The molecule has 1 heterocycles. The molecule has 0 bridgehead atoms. The zero-order valence-corrected chi connectivity index (χ0v) is 17.1. The topological polar surface area (TPSA) is 62.4 Å². The molecule has 30 heavy (non-hydrogen) atoms. The van der Waals surface area contributed by atoms with Crippen molar-refractivity contribution < 1.29 is 32.6 Å². The Bertz CT molecular complexity index is 921. The monoisotopic (exact) mass is 443 g/mol. The van der Waals surface area contributed by atoms with Crippen molar-refractivity contribution in [3.63, 3.8) is 0 Å². The van der Waals surface area contributed by atoms with E-state index in [2.05, 4.69) is 10.1 Å². The van der Waals surface area contributed by atoms with Gasteiger partial charge in [-0.3, -0.25) is 10.0 Å². The van der Waals surface area contributed by atoms with E-state index in [1.807, 2.05) is 0 Å². The van der Waals surface area contributed by atoms with E-state index in [0.717, 1.165) is 48.7 Å². The van der Waals surface area contributed by atoms with Crippen molar-refractivity contribution in [2.75, 3.05) is 7.05 Å². The number of hydrogen-bond donors (Lipinski definition) is 2. The van der Waals surface area contributed by atoms with Gasteiger partial charge in [-0.25, -0.2) is 4.39 Å². The predicted molar refractivity (Wildman–Crippen MR) is 104 cm³/mol. The van der Waals surface area contributed by atoms with Crippen molar-refractivity contribution in [2.24, 2.45) is 5.92 Å². The van der Waals surface area contributed by atoms with Crippen LogP contribution in [0.15, 0.2) is 30.5 Å². The molecule has 2 N–H and O–H groups in total. The number of nitrogens with one attached hydrogen (secondary N) is 1. The molecular formula is C21H23ClF3N2O3+. The number of ether oxygens (including phenoxy) is 1. The number of benzene rings is 1. The zero-order chi connectivity index (χ0) is 21.8. The molecule has 0 spiro atoms. The van der Waals surface area contributed by atoms with Crippen LogP contribution in [0.2, 0.25) is 5.02 Å². The van der Waals surface area contributed by atoms with Crippen LogP contribution in [0.5, 0.6) is 5.75 Å². The Labute approximate surface area is 177 Å². The molecule has 5 nitrogen and oxygen atoms in total. The highest BCUT2D eigenvalue weighted by molar-refractivity contribution is 6.31. The van der Waals surface area contributed by atoms with Gasteiger partial charge in [-0.15, -0.1) is 0 Å². The molecule has 1 aromatic carbocycles. The molecule has 3 rings (SSSR count). The Hall–Kier alpha value is -2.48. The summed E-state index contributed by atoms with van der Waals surface area (Å²) in [7, 11) is 1.52. The number of carbonyl (C=O) groups excluding carboxylic acids is 1. The summed E-state index contributed by atoms with van der Waals surface area (Å²) < 4.78 is 45.3. The fourth-order valence-corrected chi connectivity index (χ4v) is 4.19. The summed E-state index contributed by atoms with van der Waals surface area (Å²) in [6, 6.07) is 5.18. The first kappa shape index (κ1) is 22.2. The summed E-state index contributed by atoms with van der Waals surface area (Å²) >= 11 is 5.81. The van der Waals surface area contributed by atoms with Crippen LogP contribution in [-0.2, 0) is 4.79 Å². The first-order valence-electron chi connectivity index (χ1n) is 9.71. The third kappa shape index (κ3) is 4.80. The number of carbonyl (C=O) groups is 1. The molecule has 1 atom stereocenters. The number of amides is 1. The molecule has 0 aliphatic heterocycles. The Balaban J connectivity index is 2.00. The van der Waals surface area contributed by atoms with Crippen molar-refractivity contribution in [1.82, 2.24) is 5.32 Å². The molecular weight excluding hydrogens is 421 g/mol. The number of hydrogen-bond acceptors (Lipinski definition) is 3. The molecule has 1 amide bonds. The second-order valence-corrected chi connectivity index (χ2v) is 7.76. The number of nitrogens with zero attached hydrogens (tertiary/aromatic N) is 1. The van der Waals surface area contributed by atoms with E-state index in [1.54, 1.807) is 0 Å². The van der Waals surface area contributed by atoms with E-state index >= 15 is 0 Å². The van der Waals surface area contributed by atoms with Crippen molar-refractivity contribution in [2.45, 2.75) is 44.6 Å². The highest BCUT2D eigenvalue weighted by Crippen LogP contribution is 2.38. The minimum Gasteiger partial charge on any atom is -0.434 e. The number of aromatic nitrogens is 1. The normalized spacial score (nSPS) is 15.4. The van der Waals surface area contributed by atoms with E-state index < -0.39 is 24.1 Å². The molecule has 0 radical (unpaired) electrons. The standard InChI is InChI=1S/C21H22ClF3N2O3/c1-26-20(28)14(10-12-4-2-3-5-12)16-8-6-13(11-27(16)29)18-17(30-21(24)25)9-7-15(22)19(18)23/h6-9,11-12,14,21H,2-5,10H2,1H3,(H-,26,28,29)/p+1. The van der Waals surface area contributed by atoms with Gasteiger partial charge >= 0.3 is 6.61 Å². The third-order valence-electron chi connectivity index (χ3n) is 5.48. The second kappa shape index (κ2) is 9.55. The molecule has 1 unspecified atom stereocenters. The van der Waals surface area contributed by atoms with Gasteiger partial charge in [-0.2, -0.15) is 8.78 Å². The number of pyridine rings is 1. The smallest absolute Gasteiger partial charge is 0.387 e. The van der Waals surface area contributed by atoms with E-state index in [0.29, 0.717) is 18.0 Å². The Morgan fingerprint density at radius 2 is 2.00 bits per heavy atom. The second-order valence-electron chi connectivity index (χ2n) is 7.35. The average molecular weight is 444 g/mol. The average Bonchev–Trinajstić information content (AvgIpc) is 3.22. The largest absolute Gasteiger partial charge is 0.434 e. The quantitative estimate of drug-likeness (QED) is 0.482. The molecule has 1 aliphatic carbocycles. The van der Waals surface area contributed by atoms with Crippen molar-refractivity contribution >= 4 is 17.5 Å². The van der Waals surface area contributed by atoms with Crippen LogP contribution in [0.3, 0.4) is 0 Å². The van der Waals surface area contributed by atoms with Gasteiger partial charge in [0, 0.05) is 17.8 Å². The maximum Gasteiger partial charge on any atom is 0.387 e. The summed E-state index contributed by atoms with van der Waals surface area (Å²) in [6.07, 6.45) is 6.02. The van der Waals surface area contributed by atoms with Gasteiger partial charge in [0.1, 0.15) is 11.7 Å². The van der Waals surface area contributed by atoms with Crippen LogP contribution in [0.1, 0.15) is 43.7 Å². The molecule has 1 aliphatic rings. The van der Waals surface area contributed by atoms with E-state index in [9.17, 15) is 23.2 Å². The number of rotatable bonds is 7. The lowest BCUT2D eigenvalue weighted by atomic mass is 9.89. The van der Waals surface area contributed by atoms with E-state index in [-0.39, 0.29) is 22.1 Å². The van der Waals surface area contributed by atoms with Gasteiger partial charge in [0.25, 0.3) is 0 Å². The van der Waals surface area contributed by atoms with Crippen molar-refractivity contribution in [1.29, 1.82) is 0 Å². The summed E-state index contributed by atoms with van der Waals surface area (Å²) in [4.78, 5) is 12.5. The lowest BCUT2D eigenvalue weighted by Gasteiger charge is -2.17. The highest BCUT2D eigenvalue weighted by Gasteiger charge is 2.33. The molecule has 2 aromatic rings. The lowest BCUT2D eigenvalue weighted by Crippen LogP contribution is -2.41. The number of likely N-dealkylation sites (N-methyl/N-ethyl adjacent to an activating group) is 1. The van der Waals surface area contributed by atoms with Crippen LogP contribution >= 0.6 is 11.6 Å². The van der Waals surface area contributed by atoms with Gasteiger partial charge < -0.3 is 10.1 Å². The Kier molecular flexibility index (Phi) is 7.07. The molecule has 1 aromatic heterocycles. The van der Waals surface area contributed by atoms with Crippen LogP contribution < -0.4 is 14.8 Å². The molecule has 9 heteroatoms. The first-order chi connectivity index (χ1) is 14.3. The Morgan fingerprint density at radius 1 is 1.30 bits per heavy atom. The van der Waals surface area contributed by atoms with Gasteiger partial charge in [0.2, 0.25) is 17.8 Å². The van der Waals surface area contributed by atoms with Gasteiger partial charge in [0.15, 0.2) is 5.82 Å². The van der Waals surface area contributed by atoms with Crippen LogP contribution in [-0.4, -0.2) is 24.8 Å². The third-order valence-corrected chi connectivity index (χ3v) is 5.78. The van der Waals surface area contributed by atoms with E-state index in [1.165, 1.54) is 19.2 Å². The van der Waals surface area contributed by atoms with Crippen molar-refractivity contribution in [3.05, 3.63) is 47.0 Å². The lowest BCUT2D eigenvalue weighted by molar-refractivity contribution is -0.909. The van der Waals surface area contributed by atoms with Gasteiger partial charge in [0.05, 0.1) is 16.1 Å². The molecule has 1 saturated carbocycles. The highest BCUT2D eigenvalue weighted by atomic mass is 35.5. The minimum absolute atomic E-state index is 0.0772. The fourth-order valence-electron chi connectivity index (χ4n) is 4.04. The molecule has 1 fully saturated rings.